The van der Waals surface area contributed by atoms with Crippen LogP contribution in [0.25, 0.3) is 5.69 Å². The van der Waals surface area contributed by atoms with Gasteiger partial charge in [-0.1, -0.05) is 31.5 Å². The Morgan fingerprint density at radius 2 is 1.79 bits per heavy atom. The fraction of sp³-hybridized carbons (Fsp3) is 0.233. The zero-order valence-electron chi connectivity index (χ0n) is 22.1. The van der Waals surface area contributed by atoms with Crippen LogP contribution < -0.4 is 15.5 Å². The van der Waals surface area contributed by atoms with Crippen molar-refractivity contribution in [3.8, 4) is 5.69 Å². The second-order valence-electron chi connectivity index (χ2n) is 9.94. The molecule has 9 heteroatoms. The summed E-state index contributed by atoms with van der Waals surface area (Å²) in [6, 6.07) is 19.5. The van der Waals surface area contributed by atoms with Gasteiger partial charge in [-0.05, 0) is 92.3 Å². The smallest absolute Gasteiger partial charge is 0.226 e. The fourth-order valence-electron chi connectivity index (χ4n) is 5.06. The zero-order chi connectivity index (χ0) is 27.8. The third-order valence-electron chi connectivity index (χ3n) is 6.98. The van der Waals surface area contributed by atoms with Gasteiger partial charge in [0.05, 0.1) is 28.5 Å². The van der Waals surface area contributed by atoms with E-state index in [4.69, 9.17) is 23.8 Å². The monoisotopic (exact) mass is 561 g/mol. The summed E-state index contributed by atoms with van der Waals surface area (Å²) in [5.74, 6) is -0.557. The number of aromatic nitrogens is 2. The van der Waals surface area contributed by atoms with Crippen LogP contribution in [-0.4, -0.2) is 20.6 Å². The molecule has 1 amide bonds. The van der Waals surface area contributed by atoms with Crippen molar-refractivity contribution in [1.29, 1.82) is 0 Å². The van der Waals surface area contributed by atoms with Crippen molar-refractivity contribution in [3.63, 3.8) is 0 Å². The molecule has 2 N–H and O–H groups in total. The molecule has 4 aromatic rings. The Labute approximate surface area is 237 Å². The third-order valence-corrected chi connectivity index (χ3v) is 7.61. The number of rotatable bonds is 6. The van der Waals surface area contributed by atoms with E-state index in [2.05, 4.69) is 33.2 Å². The second-order valence-corrected chi connectivity index (χ2v) is 10.7. The minimum absolute atomic E-state index is 0.107. The lowest BCUT2D eigenvalue weighted by Crippen LogP contribution is -2.29. The first-order valence-corrected chi connectivity index (χ1v) is 13.5. The summed E-state index contributed by atoms with van der Waals surface area (Å²) in [5.41, 5.74) is 6.13. The van der Waals surface area contributed by atoms with Crippen LogP contribution in [0.3, 0.4) is 0 Å². The first-order chi connectivity index (χ1) is 18.7. The van der Waals surface area contributed by atoms with Crippen LogP contribution in [0.5, 0.6) is 0 Å². The van der Waals surface area contributed by atoms with Gasteiger partial charge in [0, 0.05) is 34.9 Å². The molecule has 1 fully saturated rings. The van der Waals surface area contributed by atoms with Crippen LogP contribution >= 0.6 is 23.8 Å². The number of benzene rings is 2. The molecule has 1 aliphatic rings. The Morgan fingerprint density at radius 1 is 1.08 bits per heavy atom. The third kappa shape index (κ3) is 5.14. The number of thiocarbonyl (C=S) groups is 1. The summed E-state index contributed by atoms with van der Waals surface area (Å²) in [7, 11) is 0. The van der Waals surface area contributed by atoms with Crippen molar-refractivity contribution in [1.82, 2.24) is 14.9 Å². The molecular formula is C30H29ClFN5OS. The SMILES string of the molecule is Cc1cc([C@@H]2[C@@H](c3ccccn3)NC(=S)N2c2ccc(NC(=O)C(C)C)c(Cl)c2)c(C)n1-c1ccc(F)cc1. The van der Waals surface area contributed by atoms with Crippen LogP contribution in [0, 0.1) is 25.6 Å². The Morgan fingerprint density at radius 3 is 2.44 bits per heavy atom. The van der Waals surface area contributed by atoms with Crippen LogP contribution in [0.15, 0.2) is 72.9 Å². The summed E-state index contributed by atoms with van der Waals surface area (Å²) in [6.45, 7) is 7.75. The van der Waals surface area contributed by atoms with Gasteiger partial charge in [0.2, 0.25) is 5.91 Å². The van der Waals surface area contributed by atoms with Gasteiger partial charge in [-0.25, -0.2) is 4.39 Å². The molecule has 5 rings (SSSR count). The predicted octanol–water partition coefficient (Wildman–Crippen LogP) is 7.05. The van der Waals surface area contributed by atoms with Gasteiger partial charge in [0.1, 0.15) is 5.82 Å². The lowest BCUT2D eigenvalue weighted by Gasteiger charge is -2.28. The summed E-state index contributed by atoms with van der Waals surface area (Å²) in [4.78, 5) is 18.9. The number of anilines is 2. The van der Waals surface area contributed by atoms with E-state index in [1.807, 2.05) is 56.0 Å². The van der Waals surface area contributed by atoms with Crippen molar-refractivity contribution >= 4 is 46.2 Å². The molecule has 3 heterocycles. The van der Waals surface area contributed by atoms with Crippen molar-refractivity contribution < 1.29 is 9.18 Å². The second kappa shape index (κ2) is 10.8. The molecule has 0 aliphatic carbocycles. The molecule has 0 spiro atoms. The molecule has 2 atom stereocenters. The molecule has 0 radical (unpaired) electrons. The maximum Gasteiger partial charge on any atom is 0.226 e. The number of carbonyl (C=O) groups is 1. The average Bonchev–Trinajstić information content (AvgIpc) is 3.41. The topological polar surface area (TPSA) is 62.2 Å². The molecule has 6 nitrogen and oxygen atoms in total. The fourth-order valence-corrected chi connectivity index (χ4v) is 5.62. The zero-order valence-corrected chi connectivity index (χ0v) is 23.6. The summed E-state index contributed by atoms with van der Waals surface area (Å²) < 4.78 is 15.8. The van der Waals surface area contributed by atoms with Gasteiger partial charge in [-0.3, -0.25) is 9.78 Å². The standard InChI is InChI=1S/C30H29ClFN5OS/c1-17(2)29(38)34-25-13-12-22(16-24(25)31)37-28(27(35-30(37)39)26-7-5-6-14-33-26)23-15-18(3)36(19(23)4)21-10-8-20(32)9-11-21/h5-17,27-28H,1-4H3,(H,34,38)(H,35,39)/t27-,28-/m1/s1. The average molecular weight is 562 g/mol. The Balaban J connectivity index is 1.61. The Bertz CT molecular complexity index is 1540. The van der Waals surface area contributed by atoms with Crippen molar-refractivity contribution in [3.05, 3.63) is 106 Å². The van der Waals surface area contributed by atoms with E-state index in [-0.39, 0.29) is 29.7 Å². The molecule has 2 aromatic heterocycles. The quantitative estimate of drug-likeness (QED) is 0.247. The summed E-state index contributed by atoms with van der Waals surface area (Å²) in [5, 5.41) is 7.31. The van der Waals surface area contributed by atoms with Crippen LogP contribution in [0.4, 0.5) is 15.8 Å². The largest absolute Gasteiger partial charge is 0.351 e. The van der Waals surface area contributed by atoms with Crippen molar-refractivity contribution in [2.45, 2.75) is 39.8 Å². The van der Waals surface area contributed by atoms with Crippen LogP contribution in [-0.2, 0) is 4.79 Å². The summed E-state index contributed by atoms with van der Waals surface area (Å²) >= 11 is 12.5. The van der Waals surface area contributed by atoms with Crippen molar-refractivity contribution in [2.24, 2.45) is 5.92 Å². The number of carbonyl (C=O) groups excluding carboxylic acids is 1. The number of halogens is 2. The van der Waals surface area contributed by atoms with E-state index in [1.54, 1.807) is 24.4 Å². The Kier molecular flexibility index (Phi) is 7.42. The Hall–Kier alpha value is -3.75. The van der Waals surface area contributed by atoms with Gasteiger partial charge in [-0.15, -0.1) is 0 Å². The number of aryl methyl sites for hydroxylation is 1. The minimum Gasteiger partial charge on any atom is -0.351 e. The first-order valence-electron chi connectivity index (χ1n) is 12.7. The molecular weight excluding hydrogens is 533 g/mol. The van der Waals surface area contributed by atoms with Gasteiger partial charge in [0.15, 0.2) is 5.11 Å². The molecule has 39 heavy (non-hydrogen) atoms. The minimum atomic E-state index is -0.280. The van der Waals surface area contributed by atoms with Crippen LogP contribution in [0.1, 0.15) is 48.6 Å². The molecule has 1 saturated heterocycles. The molecule has 0 bridgehead atoms. The van der Waals surface area contributed by atoms with Crippen molar-refractivity contribution in [2.75, 3.05) is 10.2 Å². The number of hydrogen-bond acceptors (Lipinski definition) is 3. The van der Waals surface area contributed by atoms with Gasteiger partial charge < -0.3 is 20.1 Å². The van der Waals surface area contributed by atoms with Crippen LogP contribution in [0.2, 0.25) is 5.02 Å². The molecule has 1 aliphatic heterocycles. The molecule has 2 aromatic carbocycles. The predicted molar refractivity (Wildman–Crippen MR) is 158 cm³/mol. The highest BCUT2D eigenvalue weighted by Crippen LogP contribution is 2.44. The van der Waals surface area contributed by atoms with E-state index in [1.165, 1.54) is 12.1 Å². The first kappa shape index (κ1) is 26.8. The highest BCUT2D eigenvalue weighted by atomic mass is 35.5. The van der Waals surface area contributed by atoms with E-state index in [9.17, 15) is 9.18 Å². The maximum absolute atomic E-state index is 13.7. The summed E-state index contributed by atoms with van der Waals surface area (Å²) in [6.07, 6.45) is 1.77. The highest BCUT2D eigenvalue weighted by molar-refractivity contribution is 7.80. The van der Waals surface area contributed by atoms with E-state index >= 15 is 0 Å². The molecule has 0 unspecified atom stereocenters. The van der Waals surface area contributed by atoms with E-state index in [0.29, 0.717) is 15.8 Å². The number of pyridine rings is 1. The van der Waals surface area contributed by atoms with Gasteiger partial charge >= 0.3 is 0 Å². The van der Waals surface area contributed by atoms with Gasteiger partial charge in [0.25, 0.3) is 0 Å². The number of nitrogens with one attached hydrogen (secondary N) is 2. The normalized spacial score (nSPS) is 17.0. The lowest BCUT2D eigenvalue weighted by atomic mass is 9.96. The van der Waals surface area contributed by atoms with Gasteiger partial charge in [-0.2, -0.15) is 0 Å². The number of amides is 1. The molecule has 200 valence electrons. The maximum atomic E-state index is 13.7. The van der Waals surface area contributed by atoms with E-state index < -0.39 is 0 Å². The molecule has 0 saturated carbocycles. The van der Waals surface area contributed by atoms with E-state index in [0.717, 1.165) is 34.0 Å². The highest BCUT2D eigenvalue weighted by Gasteiger charge is 2.42. The number of nitrogens with zero attached hydrogens (tertiary/aromatic N) is 3. The number of hydrogen-bond donors (Lipinski definition) is 2. The lowest BCUT2D eigenvalue weighted by molar-refractivity contribution is -0.118.